The van der Waals surface area contributed by atoms with Crippen molar-refractivity contribution < 1.29 is 9.53 Å². The van der Waals surface area contributed by atoms with Crippen molar-refractivity contribution in [3.8, 4) is 5.75 Å². The van der Waals surface area contributed by atoms with Crippen LogP contribution < -0.4 is 10.2 Å². The van der Waals surface area contributed by atoms with Gasteiger partial charge in [0.15, 0.2) is 0 Å². The molecule has 5 nitrogen and oxygen atoms in total. The van der Waals surface area contributed by atoms with Gasteiger partial charge in [0.1, 0.15) is 12.4 Å². The van der Waals surface area contributed by atoms with E-state index in [-0.39, 0.29) is 5.91 Å². The monoisotopic (exact) mass is 501 g/mol. The van der Waals surface area contributed by atoms with Crippen molar-refractivity contribution in [1.82, 2.24) is 10.4 Å². The minimum Gasteiger partial charge on any atom is -0.487 e. The lowest BCUT2D eigenvalue weighted by Gasteiger charge is -2.11. The molecule has 0 fully saturated rings. The first-order valence-corrected chi connectivity index (χ1v) is 10.0. The normalized spacial score (nSPS) is 10.8. The number of aryl methyl sites for hydroxylation is 1. The number of ether oxygens (including phenoxy) is 1. The molecule has 0 aliphatic rings. The van der Waals surface area contributed by atoms with E-state index in [1.54, 1.807) is 42.9 Å². The fourth-order valence-electron chi connectivity index (χ4n) is 2.41. The summed E-state index contributed by atoms with van der Waals surface area (Å²) in [6.07, 6.45) is 4.90. The van der Waals surface area contributed by atoms with E-state index >= 15 is 0 Å². The summed E-state index contributed by atoms with van der Waals surface area (Å²) in [5.74, 6) is 0.472. The molecule has 1 heterocycles. The largest absolute Gasteiger partial charge is 0.487 e. The maximum Gasteiger partial charge on any atom is 0.271 e. The van der Waals surface area contributed by atoms with Crippen LogP contribution in [0.25, 0.3) is 0 Å². The molecule has 0 bridgehead atoms. The summed E-state index contributed by atoms with van der Waals surface area (Å²) >= 11 is 7.04. The number of rotatable bonds is 6. The smallest absolute Gasteiger partial charge is 0.271 e. The van der Waals surface area contributed by atoms with Gasteiger partial charge in [-0.1, -0.05) is 12.1 Å². The van der Waals surface area contributed by atoms with Gasteiger partial charge in [0, 0.05) is 18.0 Å². The average molecular weight is 503 g/mol. The van der Waals surface area contributed by atoms with Crippen LogP contribution in [-0.4, -0.2) is 17.1 Å². The zero-order chi connectivity index (χ0) is 19.9. The van der Waals surface area contributed by atoms with Crippen molar-refractivity contribution in [3.63, 3.8) is 0 Å². The molecule has 2 aromatic carbocycles. The Morgan fingerprint density at radius 2 is 1.75 bits per heavy atom. The van der Waals surface area contributed by atoms with Gasteiger partial charge in [-0.25, -0.2) is 5.43 Å². The van der Waals surface area contributed by atoms with Gasteiger partial charge in [-0.2, -0.15) is 5.10 Å². The van der Waals surface area contributed by atoms with Gasteiger partial charge in [0.05, 0.1) is 15.2 Å². The molecule has 1 amide bonds. The predicted molar refractivity (Wildman–Crippen MR) is 117 cm³/mol. The van der Waals surface area contributed by atoms with E-state index in [0.717, 1.165) is 31.4 Å². The molecule has 142 valence electrons. The molecule has 0 radical (unpaired) electrons. The highest BCUT2D eigenvalue weighted by Crippen LogP contribution is 2.35. The van der Waals surface area contributed by atoms with Crippen molar-refractivity contribution in [3.05, 3.63) is 92.1 Å². The number of carbonyl (C=O) groups is 1. The molecule has 28 heavy (non-hydrogen) atoms. The molecule has 1 aromatic heterocycles. The Morgan fingerprint density at radius 3 is 2.39 bits per heavy atom. The highest BCUT2D eigenvalue weighted by atomic mass is 79.9. The first-order valence-electron chi connectivity index (χ1n) is 8.44. The SMILES string of the molecule is Cc1cc(Br)c(OCc2ccc(C(=O)N/N=C/c3ccncc3)cc2)c(Br)c1. The second-order valence-electron chi connectivity index (χ2n) is 6.02. The molecule has 3 aromatic rings. The van der Waals surface area contributed by atoms with Crippen molar-refractivity contribution in [2.24, 2.45) is 5.10 Å². The molecule has 0 saturated carbocycles. The molecule has 7 heteroatoms. The van der Waals surface area contributed by atoms with Crippen LogP contribution in [0.3, 0.4) is 0 Å². The summed E-state index contributed by atoms with van der Waals surface area (Å²) in [4.78, 5) is 16.1. The van der Waals surface area contributed by atoms with Gasteiger partial charge in [-0.3, -0.25) is 9.78 Å². The van der Waals surface area contributed by atoms with E-state index in [0.29, 0.717) is 12.2 Å². The quantitative estimate of drug-likeness (QED) is 0.369. The van der Waals surface area contributed by atoms with E-state index in [1.165, 1.54) is 0 Å². The Kier molecular flexibility index (Phi) is 6.95. The topological polar surface area (TPSA) is 63.6 Å². The van der Waals surface area contributed by atoms with E-state index in [4.69, 9.17) is 4.74 Å². The molecule has 1 N–H and O–H groups in total. The number of pyridine rings is 1. The number of amides is 1. The number of carbonyl (C=O) groups excluding carboxylic acids is 1. The van der Waals surface area contributed by atoms with Crippen LogP contribution >= 0.6 is 31.9 Å². The van der Waals surface area contributed by atoms with Crippen molar-refractivity contribution in [2.45, 2.75) is 13.5 Å². The second kappa shape index (κ2) is 9.61. The van der Waals surface area contributed by atoms with Crippen LogP contribution in [-0.2, 0) is 6.61 Å². The highest BCUT2D eigenvalue weighted by molar-refractivity contribution is 9.11. The third-order valence-electron chi connectivity index (χ3n) is 3.83. The predicted octanol–water partition coefficient (Wildman–Crippen LogP) is 5.26. The Bertz CT molecular complexity index is 967. The van der Waals surface area contributed by atoms with Crippen LogP contribution in [0.1, 0.15) is 27.0 Å². The van der Waals surface area contributed by atoms with Gasteiger partial charge in [-0.15, -0.1) is 0 Å². The summed E-state index contributed by atoms with van der Waals surface area (Å²) < 4.78 is 7.68. The lowest BCUT2D eigenvalue weighted by Crippen LogP contribution is -2.17. The number of aromatic nitrogens is 1. The number of hydrogen-bond donors (Lipinski definition) is 1. The first-order chi connectivity index (χ1) is 13.5. The number of nitrogens with zero attached hydrogens (tertiary/aromatic N) is 2. The van der Waals surface area contributed by atoms with Crippen LogP contribution in [0.2, 0.25) is 0 Å². The van der Waals surface area contributed by atoms with Crippen molar-refractivity contribution >= 4 is 44.0 Å². The minimum atomic E-state index is -0.276. The van der Waals surface area contributed by atoms with Gasteiger partial charge >= 0.3 is 0 Å². The van der Waals surface area contributed by atoms with E-state index < -0.39 is 0 Å². The lowest BCUT2D eigenvalue weighted by molar-refractivity contribution is 0.0955. The maximum atomic E-state index is 12.2. The highest BCUT2D eigenvalue weighted by Gasteiger charge is 2.09. The van der Waals surface area contributed by atoms with Crippen LogP contribution in [0.15, 0.2) is 75.0 Å². The Morgan fingerprint density at radius 1 is 1.11 bits per heavy atom. The summed E-state index contributed by atoms with van der Waals surface area (Å²) in [5.41, 5.74) is 5.98. The third kappa shape index (κ3) is 5.50. The van der Waals surface area contributed by atoms with Crippen molar-refractivity contribution in [2.75, 3.05) is 0 Å². The Labute approximate surface area is 180 Å². The second-order valence-corrected chi connectivity index (χ2v) is 7.73. The summed E-state index contributed by atoms with van der Waals surface area (Å²) in [6, 6.07) is 14.8. The maximum absolute atomic E-state index is 12.2. The summed E-state index contributed by atoms with van der Waals surface area (Å²) in [6.45, 7) is 2.41. The minimum absolute atomic E-state index is 0.276. The van der Waals surface area contributed by atoms with Crippen LogP contribution in [0, 0.1) is 6.92 Å². The summed E-state index contributed by atoms with van der Waals surface area (Å²) in [5, 5.41) is 3.96. The number of hydrazone groups is 1. The number of halogens is 2. The number of benzene rings is 2. The molecule has 0 aliphatic heterocycles. The van der Waals surface area contributed by atoms with Crippen LogP contribution in [0.4, 0.5) is 0 Å². The average Bonchev–Trinajstić information content (AvgIpc) is 2.68. The van der Waals surface area contributed by atoms with E-state index in [2.05, 4.69) is 47.4 Å². The van der Waals surface area contributed by atoms with E-state index in [1.807, 2.05) is 31.2 Å². The summed E-state index contributed by atoms with van der Waals surface area (Å²) in [7, 11) is 0. The number of nitrogens with one attached hydrogen (secondary N) is 1. The van der Waals surface area contributed by atoms with E-state index in [9.17, 15) is 4.79 Å². The first kappa shape index (κ1) is 20.2. The fourth-order valence-corrected chi connectivity index (χ4v) is 4.06. The zero-order valence-corrected chi connectivity index (χ0v) is 18.2. The number of hydrogen-bond acceptors (Lipinski definition) is 4. The fraction of sp³-hybridized carbons (Fsp3) is 0.0952. The Hall–Kier alpha value is -2.51. The molecule has 0 atom stereocenters. The molecule has 0 saturated heterocycles. The molecular formula is C21H17Br2N3O2. The molecule has 0 unspecified atom stereocenters. The lowest BCUT2D eigenvalue weighted by atomic mass is 10.1. The molecular weight excluding hydrogens is 486 g/mol. The zero-order valence-electron chi connectivity index (χ0n) is 15.0. The van der Waals surface area contributed by atoms with Crippen molar-refractivity contribution in [1.29, 1.82) is 0 Å². The standard InChI is InChI=1S/C21H17Br2N3O2/c1-14-10-18(22)20(19(23)11-14)28-13-16-2-4-17(5-3-16)21(27)26-25-12-15-6-8-24-9-7-15/h2-12H,13H2,1H3,(H,26,27)/b25-12+. The van der Waals surface area contributed by atoms with Gasteiger partial charge in [-0.05, 0) is 91.9 Å². The molecule has 3 rings (SSSR count). The van der Waals surface area contributed by atoms with Crippen LogP contribution in [0.5, 0.6) is 5.75 Å². The van der Waals surface area contributed by atoms with Gasteiger partial charge in [0.25, 0.3) is 5.91 Å². The molecule has 0 spiro atoms. The Balaban J connectivity index is 1.57. The van der Waals surface area contributed by atoms with Gasteiger partial charge in [0.2, 0.25) is 0 Å². The molecule has 0 aliphatic carbocycles. The van der Waals surface area contributed by atoms with Gasteiger partial charge < -0.3 is 4.74 Å². The third-order valence-corrected chi connectivity index (χ3v) is 5.01.